The van der Waals surface area contributed by atoms with Gasteiger partial charge < -0.3 is 9.52 Å². The second-order valence-electron chi connectivity index (χ2n) is 4.43. The summed E-state index contributed by atoms with van der Waals surface area (Å²) in [6, 6.07) is 6.80. The number of aryl methyl sites for hydroxylation is 2. The van der Waals surface area contributed by atoms with Crippen LogP contribution in [0.1, 0.15) is 16.9 Å². The monoisotopic (exact) mass is 359 g/mol. The van der Waals surface area contributed by atoms with Crippen molar-refractivity contribution in [3.8, 4) is 0 Å². The average Bonchev–Trinajstić information content (AvgIpc) is 2.76. The van der Waals surface area contributed by atoms with Crippen molar-refractivity contribution in [1.82, 2.24) is 0 Å². The molecule has 0 amide bonds. The summed E-state index contributed by atoms with van der Waals surface area (Å²) in [5.41, 5.74) is 2.29. The number of halogens is 1. The third-order valence-corrected chi connectivity index (χ3v) is 5.01. The number of hydrogen-bond acceptors (Lipinski definition) is 4. The van der Waals surface area contributed by atoms with E-state index < -0.39 is 10.0 Å². The molecule has 0 aliphatic rings. The van der Waals surface area contributed by atoms with Gasteiger partial charge >= 0.3 is 0 Å². The summed E-state index contributed by atoms with van der Waals surface area (Å²) in [6.45, 7) is 3.34. The second-order valence-corrected chi connectivity index (χ2v) is 6.80. The van der Waals surface area contributed by atoms with E-state index in [-0.39, 0.29) is 21.9 Å². The van der Waals surface area contributed by atoms with E-state index in [4.69, 9.17) is 9.52 Å². The first-order valence-electron chi connectivity index (χ1n) is 5.82. The number of nitrogens with one attached hydrogen (secondary N) is 1. The molecule has 0 saturated carbocycles. The molecule has 1 aromatic carbocycles. The lowest BCUT2D eigenvalue weighted by atomic mass is 10.1. The molecule has 0 aliphatic carbocycles. The molecule has 0 fully saturated rings. The van der Waals surface area contributed by atoms with E-state index in [9.17, 15) is 8.42 Å². The van der Waals surface area contributed by atoms with Crippen LogP contribution in [-0.2, 0) is 16.6 Å². The second kappa shape index (κ2) is 5.59. The summed E-state index contributed by atoms with van der Waals surface area (Å²) < 4.78 is 32.3. The van der Waals surface area contributed by atoms with Crippen molar-refractivity contribution in [1.29, 1.82) is 0 Å². The molecule has 7 heteroatoms. The van der Waals surface area contributed by atoms with Gasteiger partial charge in [-0.2, -0.15) is 0 Å². The first-order chi connectivity index (χ1) is 9.33. The lowest BCUT2D eigenvalue weighted by Crippen LogP contribution is -2.13. The molecule has 108 valence electrons. The van der Waals surface area contributed by atoms with E-state index in [2.05, 4.69) is 20.7 Å². The van der Waals surface area contributed by atoms with Gasteiger partial charge in [-0.3, -0.25) is 4.72 Å². The summed E-state index contributed by atoms with van der Waals surface area (Å²) in [4.78, 5) is -0.0394. The maximum Gasteiger partial charge on any atom is 0.266 e. The van der Waals surface area contributed by atoms with Crippen molar-refractivity contribution in [3.05, 3.63) is 45.8 Å². The van der Waals surface area contributed by atoms with Crippen LogP contribution in [0.4, 0.5) is 5.69 Å². The van der Waals surface area contributed by atoms with Crippen LogP contribution in [0.25, 0.3) is 0 Å². The van der Waals surface area contributed by atoms with Crippen molar-refractivity contribution in [2.45, 2.75) is 25.3 Å². The lowest BCUT2D eigenvalue weighted by Gasteiger charge is -2.10. The number of furan rings is 1. The zero-order chi connectivity index (χ0) is 14.9. The van der Waals surface area contributed by atoms with Crippen LogP contribution in [-0.4, -0.2) is 13.5 Å². The van der Waals surface area contributed by atoms with E-state index in [1.807, 2.05) is 26.0 Å². The molecule has 2 aromatic rings. The van der Waals surface area contributed by atoms with Crippen molar-refractivity contribution < 1.29 is 17.9 Å². The highest BCUT2D eigenvalue weighted by atomic mass is 79.9. The normalized spacial score (nSPS) is 11.6. The first kappa shape index (κ1) is 15.1. The van der Waals surface area contributed by atoms with Gasteiger partial charge in [-0.1, -0.05) is 12.1 Å². The molecule has 20 heavy (non-hydrogen) atoms. The van der Waals surface area contributed by atoms with Gasteiger partial charge in [0.2, 0.25) is 0 Å². The van der Waals surface area contributed by atoms with Gasteiger partial charge in [0.1, 0.15) is 17.3 Å². The molecule has 0 spiro atoms. The largest absolute Gasteiger partial charge is 0.450 e. The summed E-state index contributed by atoms with van der Waals surface area (Å²) >= 11 is 3.04. The van der Waals surface area contributed by atoms with Gasteiger partial charge in [0, 0.05) is 6.07 Å². The highest BCUT2D eigenvalue weighted by molar-refractivity contribution is 9.10. The molecule has 0 bridgehead atoms. The van der Waals surface area contributed by atoms with Crippen LogP contribution in [0.2, 0.25) is 0 Å². The Kier molecular flexibility index (Phi) is 4.22. The van der Waals surface area contributed by atoms with E-state index in [0.717, 1.165) is 11.1 Å². The van der Waals surface area contributed by atoms with Gasteiger partial charge in [0.05, 0.1) is 5.69 Å². The zero-order valence-corrected chi connectivity index (χ0v) is 13.4. The van der Waals surface area contributed by atoms with Crippen LogP contribution in [0, 0.1) is 13.8 Å². The minimum absolute atomic E-state index is 0.0394. The molecule has 0 unspecified atom stereocenters. The van der Waals surface area contributed by atoms with Crippen LogP contribution >= 0.6 is 15.9 Å². The highest BCUT2D eigenvalue weighted by Gasteiger charge is 2.23. The van der Waals surface area contributed by atoms with Crippen LogP contribution in [0.3, 0.4) is 0 Å². The molecule has 0 radical (unpaired) electrons. The topological polar surface area (TPSA) is 79.5 Å². The van der Waals surface area contributed by atoms with Gasteiger partial charge in [-0.25, -0.2) is 8.42 Å². The molecule has 0 saturated heterocycles. The average molecular weight is 360 g/mol. The van der Waals surface area contributed by atoms with Crippen molar-refractivity contribution >= 4 is 31.6 Å². The van der Waals surface area contributed by atoms with E-state index in [1.165, 1.54) is 6.07 Å². The fraction of sp³-hybridized carbons (Fsp3) is 0.231. The van der Waals surface area contributed by atoms with Crippen molar-refractivity contribution in [2.24, 2.45) is 0 Å². The number of sulfonamides is 1. The Hall–Kier alpha value is -1.31. The van der Waals surface area contributed by atoms with E-state index in [0.29, 0.717) is 5.69 Å². The Morgan fingerprint density at radius 3 is 2.60 bits per heavy atom. The van der Waals surface area contributed by atoms with Crippen LogP contribution in [0.15, 0.2) is 38.2 Å². The van der Waals surface area contributed by atoms with E-state index in [1.54, 1.807) is 6.07 Å². The van der Waals surface area contributed by atoms with Crippen LogP contribution < -0.4 is 4.72 Å². The molecule has 5 nitrogen and oxygen atoms in total. The third kappa shape index (κ3) is 3.05. The summed E-state index contributed by atoms with van der Waals surface area (Å²) in [5, 5.41) is 8.98. The van der Waals surface area contributed by atoms with Crippen LogP contribution in [0.5, 0.6) is 0 Å². The minimum atomic E-state index is -3.77. The Morgan fingerprint density at radius 2 is 2.00 bits per heavy atom. The number of hydrogen-bond donors (Lipinski definition) is 2. The molecule has 0 atom stereocenters. The molecular weight excluding hydrogens is 346 g/mol. The summed E-state index contributed by atoms with van der Waals surface area (Å²) in [7, 11) is -3.77. The van der Waals surface area contributed by atoms with E-state index >= 15 is 0 Å². The molecule has 1 heterocycles. The Labute approximate surface area is 125 Å². The van der Waals surface area contributed by atoms with Crippen molar-refractivity contribution in [3.63, 3.8) is 0 Å². The summed E-state index contributed by atoms with van der Waals surface area (Å²) in [6.07, 6.45) is 0. The fourth-order valence-corrected chi connectivity index (χ4v) is 3.83. The number of aliphatic hydroxyl groups excluding tert-OH is 1. The summed E-state index contributed by atoms with van der Waals surface area (Å²) in [5.74, 6) is 0.179. The molecule has 0 aliphatic heterocycles. The van der Waals surface area contributed by atoms with Gasteiger partial charge in [0.15, 0.2) is 4.67 Å². The predicted molar refractivity (Wildman–Crippen MR) is 79.1 cm³/mol. The lowest BCUT2D eigenvalue weighted by molar-refractivity contribution is 0.245. The third-order valence-electron chi connectivity index (χ3n) is 2.79. The maximum atomic E-state index is 12.3. The Bertz CT molecular complexity index is 737. The highest BCUT2D eigenvalue weighted by Crippen LogP contribution is 2.29. The van der Waals surface area contributed by atoms with Crippen molar-refractivity contribution in [2.75, 3.05) is 4.72 Å². The standard InChI is InChI=1S/C13H14BrNO4S/c1-8-3-4-9(2)11(5-8)15-20(17,18)12-6-10(7-16)19-13(12)14/h3-6,15-16H,7H2,1-2H3. The maximum absolute atomic E-state index is 12.3. The first-order valence-corrected chi connectivity index (χ1v) is 8.10. The molecule has 2 N–H and O–H groups in total. The Balaban J connectivity index is 2.40. The number of anilines is 1. The number of aliphatic hydroxyl groups is 1. The number of rotatable bonds is 4. The van der Waals surface area contributed by atoms with Gasteiger partial charge in [-0.15, -0.1) is 0 Å². The minimum Gasteiger partial charge on any atom is -0.450 e. The zero-order valence-electron chi connectivity index (χ0n) is 11.0. The number of benzene rings is 1. The quantitative estimate of drug-likeness (QED) is 0.879. The SMILES string of the molecule is Cc1ccc(C)c(NS(=O)(=O)c2cc(CO)oc2Br)c1. The fourth-order valence-electron chi connectivity index (χ4n) is 1.70. The smallest absolute Gasteiger partial charge is 0.266 e. The molecule has 2 rings (SSSR count). The predicted octanol–water partition coefficient (Wildman–Crippen LogP) is 2.95. The van der Waals surface area contributed by atoms with Gasteiger partial charge in [-0.05, 0) is 47.0 Å². The van der Waals surface area contributed by atoms with Gasteiger partial charge in [0.25, 0.3) is 10.0 Å². The molecule has 1 aromatic heterocycles. The molecular formula is C13H14BrNO4S. The Morgan fingerprint density at radius 1 is 1.30 bits per heavy atom.